The third-order valence-corrected chi connectivity index (χ3v) is 15.3. The Balaban J connectivity index is 4.06. The first-order valence-electron chi connectivity index (χ1n) is 34.1. The Morgan fingerprint density at radius 3 is 0.818 bits per heavy atom. The molecule has 0 heterocycles. The predicted molar refractivity (Wildman–Crippen MR) is 335 cm³/mol. The Morgan fingerprint density at radius 1 is 0.273 bits per heavy atom. The highest BCUT2D eigenvalue weighted by Gasteiger charge is 2.19. The number of unbranched alkanes of at least 4 members (excludes halogenated alkanes) is 44. The molecule has 77 heavy (non-hydrogen) atoms. The van der Waals surface area contributed by atoms with Crippen molar-refractivity contribution in [1.29, 1.82) is 0 Å². The van der Waals surface area contributed by atoms with Crippen molar-refractivity contribution in [1.82, 2.24) is 0 Å². The molecule has 0 aliphatic heterocycles. The molecule has 0 saturated carbocycles. The van der Waals surface area contributed by atoms with Crippen LogP contribution in [0.25, 0.3) is 0 Å². The molecule has 0 aliphatic carbocycles. The van der Waals surface area contributed by atoms with Crippen molar-refractivity contribution in [3.8, 4) is 0 Å². The van der Waals surface area contributed by atoms with E-state index in [0.29, 0.717) is 19.3 Å². The highest BCUT2D eigenvalue weighted by atomic mass is 16.6. The van der Waals surface area contributed by atoms with E-state index in [1.807, 2.05) is 0 Å². The number of carbonyl (C=O) groups excluding carboxylic acids is 3. The van der Waals surface area contributed by atoms with E-state index in [0.717, 1.165) is 83.5 Å². The number of allylic oxidation sites excluding steroid dienone is 8. The van der Waals surface area contributed by atoms with Crippen molar-refractivity contribution < 1.29 is 28.6 Å². The van der Waals surface area contributed by atoms with Crippen LogP contribution in [0.2, 0.25) is 0 Å². The SMILES string of the molecule is CC/C=C\C/C=C\C/C=C\CCCCCC(=O)OC(COC(=O)CCCCCCCCCCCCCCC)COC(=O)CCCCCCCCCCCCCCCCCCCCCCC/C=C\CCCCCCCCCC. The van der Waals surface area contributed by atoms with Crippen LogP contribution in [-0.2, 0) is 28.6 Å². The van der Waals surface area contributed by atoms with Crippen LogP contribution >= 0.6 is 0 Å². The van der Waals surface area contributed by atoms with Gasteiger partial charge in [-0.15, -0.1) is 0 Å². The minimum absolute atomic E-state index is 0.0803. The molecular weight excluding hydrogens is 949 g/mol. The number of hydrogen-bond donors (Lipinski definition) is 0. The van der Waals surface area contributed by atoms with Gasteiger partial charge in [-0.3, -0.25) is 14.4 Å². The largest absolute Gasteiger partial charge is 0.462 e. The standard InChI is InChI=1S/C71H130O6/c1-4-7-10-13-16-19-22-25-26-27-28-29-30-31-32-33-34-35-36-37-38-39-40-41-42-43-44-47-49-52-55-58-61-64-70(73)76-67-68(77-71(74)65-62-59-56-53-50-46-24-21-18-15-12-9-6-3)66-75-69(72)63-60-57-54-51-48-45-23-20-17-14-11-8-5-2/h9,12,18,21,27-28,46,50,68H,4-8,10-11,13-17,19-20,22-26,29-45,47-49,51-67H2,1-3H3/b12-9-,21-18-,28-27-,50-46-. The van der Waals surface area contributed by atoms with E-state index >= 15 is 0 Å². The zero-order valence-electron chi connectivity index (χ0n) is 51.7. The maximum absolute atomic E-state index is 12.8. The first-order valence-corrected chi connectivity index (χ1v) is 34.1. The van der Waals surface area contributed by atoms with Crippen molar-refractivity contribution in [2.75, 3.05) is 13.2 Å². The lowest BCUT2D eigenvalue weighted by atomic mass is 10.0. The molecule has 1 unspecified atom stereocenters. The maximum atomic E-state index is 12.8. The van der Waals surface area contributed by atoms with Gasteiger partial charge < -0.3 is 14.2 Å². The molecule has 0 fully saturated rings. The Bertz CT molecular complexity index is 1330. The summed E-state index contributed by atoms with van der Waals surface area (Å²) in [5.74, 6) is -0.889. The van der Waals surface area contributed by atoms with Crippen LogP contribution in [-0.4, -0.2) is 37.2 Å². The molecule has 0 rings (SSSR count). The van der Waals surface area contributed by atoms with E-state index in [1.165, 1.54) is 244 Å². The molecule has 0 aromatic rings. The Morgan fingerprint density at radius 2 is 0.506 bits per heavy atom. The number of ether oxygens (including phenoxy) is 3. The molecular formula is C71H130O6. The van der Waals surface area contributed by atoms with Crippen molar-refractivity contribution in [3.05, 3.63) is 48.6 Å². The summed E-state index contributed by atoms with van der Waals surface area (Å²) in [5.41, 5.74) is 0. The van der Waals surface area contributed by atoms with Crippen LogP contribution in [0.15, 0.2) is 48.6 Å². The average molecular weight is 1080 g/mol. The van der Waals surface area contributed by atoms with Crippen molar-refractivity contribution in [3.63, 3.8) is 0 Å². The van der Waals surface area contributed by atoms with Crippen molar-refractivity contribution >= 4 is 17.9 Å². The van der Waals surface area contributed by atoms with Gasteiger partial charge in [0, 0.05) is 19.3 Å². The molecule has 0 N–H and O–H groups in total. The van der Waals surface area contributed by atoms with E-state index in [9.17, 15) is 14.4 Å². The Labute approximate surface area is 479 Å². The number of hydrogen-bond acceptors (Lipinski definition) is 6. The Kier molecular flexibility index (Phi) is 63.6. The molecule has 0 bridgehead atoms. The second-order valence-electron chi connectivity index (χ2n) is 23.1. The molecule has 0 radical (unpaired) electrons. The highest BCUT2D eigenvalue weighted by molar-refractivity contribution is 5.71. The summed E-state index contributed by atoms with van der Waals surface area (Å²) in [7, 11) is 0. The summed E-state index contributed by atoms with van der Waals surface area (Å²) in [6, 6.07) is 0. The molecule has 0 aromatic carbocycles. The zero-order chi connectivity index (χ0) is 55.7. The van der Waals surface area contributed by atoms with Gasteiger partial charge in [0.2, 0.25) is 0 Å². The topological polar surface area (TPSA) is 78.9 Å². The van der Waals surface area contributed by atoms with Crippen LogP contribution in [0.4, 0.5) is 0 Å². The molecule has 6 heteroatoms. The van der Waals surface area contributed by atoms with Gasteiger partial charge in [0.15, 0.2) is 6.10 Å². The van der Waals surface area contributed by atoms with Gasteiger partial charge in [0.25, 0.3) is 0 Å². The van der Waals surface area contributed by atoms with Crippen LogP contribution in [0.3, 0.4) is 0 Å². The average Bonchev–Trinajstić information content (AvgIpc) is 3.43. The van der Waals surface area contributed by atoms with Gasteiger partial charge in [-0.2, -0.15) is 0 Å². The fourth-order valence-electron chi connectivity index (χ4n) is 10.2. The normalized spacial score (nSPS) is 12.3. The van der Waals surface area contributed by atoms with E-state index in [-0.39, 0.29) is 31.1 Å². The third-order valence-electron chi connectivity index (χ3n) is 15.3. The quantitative estimate of drug-likeness (QED) is 0.0261. The summed E-state index contributed by atoms with van der Waals surface area (Å²) in [6.45, 7) is 6.55. The Hall–Kier alpha value is -2.63. The van der Waals surface area contributed by atoms with Gasteiger partial charge in [0.05, 0.1) is 0 Å². The predicted octanol–water partition coefficient (Wildman–Crippen LogP) is 23.3. The smallest absolute Gasteiger partial charge is 0.306 e. The molecule has 0 spiro atoms. The molecule has 0 amide bonds. The van der Waals surface area contributed by atoms with Crippen molar-refractivity contribution in [2.24, 2.45) is 0 Å². The van der Waals surface area contributed by atoms with E-state index in [1.54, 1.807) is 0 Å². The number of rotatable bonds is 63. The van der Waals surface area contributed by atoms with Gasteiger partial charge in [-0.1, -0.05) is 320 Å². The second kappa shape index (κ2) is 65.9. The molecule has 0 aromatic heterocycles. The third kappa shape index (κ3) is 64.1. The summed E-state index contributed by atoms with van der Waals surface area (Å²) in [6.07, 6.45) is 83.1. The first kappa shape index (κ1) is 74.4. The monoisotopic (exact) mass is 1080 g/mol. The van der Waals surface area contributed by atoms with E-state index in [2.05, 4.69) is 69.4 Å². The first-order chi connectivity index (χ1) is 38.0. The van der Waals surface area contributed by atoms with E-state index in [4.69, 9.17) is 14.2 Å². The lowest BCUT2D eigenvalue weighted by Gasteiger charge is -2.18. The molecule has 0 aliphatic rings. The van der Waals surface area contributed by atoms with Crippen LogP contribution in [0.5, 0.6) is 0 Å². The van der Waals surface area contributed by atoms with Crippen molar-refractivity contribution in [2.45, 2.75) is 374 Å². The van der Waals surface area contributed by atoms with Crippen LogP contribution < -0.4 is 0 Å². The highest BCUT2D eigenvalue weighted by Crippen LogP contribution is 2.18. The van der Waals surface area contributed by atoms with E-state index < -0.39 is 6.10 Å². The molecule has 1 atom stereocenters. The summed E-state index contributed by atoms with van der Waals surface area (Å²) >= 11 is 0. The van der Waals surface area contributed by atoms with Gasteiger partial charge in [-0.25, -0.2) is 0 Å². The van der Waals surface area contributed by atoms with Gasteiger partial charge >= 0.3 is 17.9 Å². The minimum Gasteiger partial charge on any atom is -0.462 e. The van der Waals surface area contributed by atoms with Crippen LogP contribution in [0.1, 0.15) is 367 Å². The fraction of sp³-hybridized carbons (Fsp3) is 0.845. The summed E-state index contributed by atoms with van der Waals surface area (Å²) in [4.78, 5) is 38.2. The maximum Gasteiger partial charge on any atom is 0.306 e. The zero-order valence-corrected chi connectivity index (χ0v) is 51.7. The lowest BCUT2D eigenvalue weighted by Crippen LogP contribution is -2.30. The molecule has 450 valence electrons. The lowest BCUT2D eigenvalue weighted by molar-refractivity contribution is -0.167. The fourth-order valence-corrected chi connectivity index (χ4v) is 10.2. The summed E-state index contributed by atoms with van der Waals surface area (Å²) in [5, 5.41) is 0. The van der Waals surface area contributed by atoms with Gasteiger partial charge in [0.1, 0.15) is 13.2 Å². The second-order valence-corrected chi connectivity index (χ2v) is 23.1. The number of esters is 3. The molecule has 0 saturated heterocycles. The molecule has 6 nitrogen and oxygen atoms in total. The number of carbonyl (C=O) groups is 3. The summed E-state index contributed by atoms with van der Waals surface area (Å²) < 4.78 is 16.9. The minimum atomic E-state index is -0.785. The van der Waals surface area contributed by atoms with Crippen LogP contribution in [0, 0.1) is 0 Å². The van der Waals surface area contributed by atoms with Gasteiger partial charge in [-0.05, 0) is 77.0 Å².